The standard InChI is InChI=1S/C35H36ClF4N3O5/c1-35(2,3)48-34(44)42-24-7-9-43(10-8-24)32-25-15-20(5-6-29(25)41-18-26(32)21-13-22(37)16-23(38)14-21)30-31(40)27(36)17-28(39)33(30)47-19-46-12-11-45-4/h5-6,13-18,24H,7-12,19H2,1-4H3,(H,42,44). The monoisotopic (exact) mass is 689 g/mol. The molecule has 0 bridgehead atoms. The Morgan fingerprint density at radius 2 is 1.71 bits per heavy atom. The number of aromatic nitrogens is 1. The number of nitrogens with one attached hydrogen (secondary N) is 1. The third kappa shape index (κ3) is 8.29. The largest absolute Gasteiger partial charge is 0.464 e. The van der Waals surface area contributed by atoms with Gasteiger partial charge in [0.15, 0.2) is 24.2 Å². The molecule has 1 amide bonds. The summed E-state index contributed by atoms with van der Waals surface area (Å²) in [7, 11) is 1.50. The zero-order valence-corrected chi connectivity index (χ0v) is 27.7. The number of rotatable bonds is 10. The second-order valence-electron chi connectivity index (χ2n) is 12.3. The van der Waals surface area contributed by atoms with Crippen LogP contribution in [0, 0.1) is 23.3 Å². The van der Waals surface area contributed by atoms with Gasteiger partial charge in [0.05, 0.1) is 35.0 Å². The fraction of sp³-hybridized carbons (Fsp3) is 0.371. The summed E-state index contributed by atoms with van der Waals surface area (Å²) in [6, 6.07) is 8.65. The molecule has 1 fully saturated rings. The lowest BCUT2D eigenvalue weighted by atomic mass is 9.95. The lowest BCUT2D eigenvalue weighted by molar-refractivity contribution is -0.00988. The lowest BCUT2D eigenvalue weighted by Gasteiger charge is -2.36. The predicted octanol–water partition coefficient (Wildman–Crippen LogP) is 8.27. The average molecular weight is 690 g/mol. The Labute approximate surface area is 280 Å². The summed E-state index contributed by atoms with van der Waals surface area (Å²) in [5.74, 6) is -3.74. The van der Waals surface area contributed by atoms with Crippen molar-refractivity contribution >= 4 is 34.3 Å². The van der Waals surface area contributed by atoms with Gasteiger partial charge in [0.2, 0.25) is 0 Å². The number of carbonyl (C=O) groups excluding carboxylic acids is 1. The van der Waals surface area contributed by atoms with Gasteiger partial charge < -0.3 is 29.2 Å². The van der Waals surface area contributed by atoms with E-state index in [1.54, 1.807) is 39.0 Å². The molecule has 3 aromatic carbocycles. The number of fused-ring (bicyclic) bond motifs is 1. The molecule has 0 saturated carbocycles. The van der Waals surface area contributed by atoms with Gasteiger partial charge >= 0.3 is 6.09 Å². The molecule has 256 valence electrons. The minimum Gasteiger partial charge on any atom is -0.464 e. The Morgan fingerprint density at radius 3 is 2.38 bits per heavy atom. The Kier molecular flexibility index (Phi) is 11.0. The first kappa shape index (κ1) is 35.2. The second-order valence-corrected chi connectivity index (χ2v) is 12.7. The summed E-state index contributed by atoms with van der Waals surface area (Å²) >= 11 is 6.09. The van der Waals surface area contributed by atoms with Crippen molar-refractivity contribution in [3.05, 3.63) is 77.0 Å². The molecule has 1 saturated heterocycles. The van der Waals surface area contributed by atoms with E-state index >= 15 is 8.78 Å². The number of benzene rings is 3. The molecule has 0 unspecified atom stereocenters. The number of methoxy groups -OCH3 is 1. The maximum absolute atomic E-state index is 15.7. The molecule has 0 aliphatic carbocycles. The highest BCUT2D eigenvalue weighted by Crippen LogP contribution is 2.43. The van der Waals surface area contributed by atoms with E-state index in [-0.39, 0.29) is 42.7 Å². The molecule has 1 aromatic heterocycles. The Bertz CT molecular complexity index is 1770. The normalized spacial score (nSPS) is 14.0. The first-order valence-corrected chi connectivity index (χ1v) is 15.7. The van der Waals surface area contributed by atoms with E-state index < -0.39 is 45.7 Å². The van der Waals surface area contributed by atoms with Gasteiger partial charge in [-0.2, -0.15) is 0 Å². The van der Waals surface area contributed by atoms with Gasteiger partial charge in [-0.05, 0) is 75.1 Å². The summed E-state index contributed by atoms with van der Waals surface area (Å²) in [4.78, 5) is 19.0. The van der Waals surface area contributed by atoms with E-state index in [4.69, 9.17) is 30.5 Å². The molecule has 0 radical (unpaired) electrons. The molecule has 13 heteroatoms. The van der Waals surface area contributed by atoms with E-state index in [0.717, 1.165) is 12.1 Å². The number of pyridine rings is 1. The van der Waals surface area contributed by atoms with Crippen LogP contribution in [0.4, 0.5) is 28.0 Å². The Morgan fingerprint density at radius 1 is 1.00 bits per heavy atom. The highest BCUT2D eigenvalue weighted by Gasteiger charge is 2.28. The zero-order valence-electron chi connectivity index (χ0n) is 27.0. The quantitative estimate of drug-likeness (QED) is 0.0777. The minimum atomic E-state index is -0.906. The topological polar surface area (TPSA) is 82.2 Å². The molecule has 8 nitrogen and oxygen atoms in total. The number of nitrogens with zero attached hydrogens (tertiary/aromatic N) is 2. The van der Waals surface area contributed by atoms with Gasteiger partial charge in [0, 0.05) is 49.5 Å². The van der Waals surface area contributed by atoms with Crippen LogP contribution in [0.3, 0.4) is 0 Å². The summed E-state index contributed by atoms with van der Waals surface area (Å²) in [5.41, 5.74) is 1.09. The summed E-state index contributed by atoms with van der Waals surface area (Å²) in [6.45, 7) is 6.31. The fourth-order valence-electron chi connectivity index (χ4n) is 5.60. The number of halogens is 5. The summed E-state index contributed by atoms with van der Waals surface area (Å²) in [6.07, 6.45) is 2.08. The predicted molar refractivity (Wildman–Crippen MR) is 175 cm³/mol. The van der Waals surface area contributed by atoms with Crippen molar-refractivity contribution in [1.29, 1.82) is 0 Å². The van der Waals surface area contributed by atoms with Crippen LogP contribution in [0.5, 0.6) is 5.75 Å². The van der Waals surface area contributed by atoms with Gasteiger partial charge in [0.25, 0.3) is 0 Å². The lowest BCUT2D eigenvalue weighted by Crippen LogP contribution is -2.46. The first-order valence-electron chi connectivity index (χ1n) is 15.4. The second kappa shape index (κ2) is 15.0. The van der Waals surface area contributed by atoms with Gasteiger partial charge in [-0.1, -0.05) is 17.7 Å². The SMILES string of the molecule is COCCOCOc1c(F)cc(Cl)c(F)c1-c1ccc2ncc(-c3cc(F)cc(F)c3)c(N3CCC(NC(=O)OC(C)(C)C)CC3)c2c1. The third-order valence-electron chi connectivity index (χ3n) is 7.68. The van der Waals surface area contributed by atoms with Gasteiger partial charge in [-0.25, -0.2) is 22.4 Å². The molecular formula is C35H36ClF4N3O5. The maximum Gasteiger partial charge on any atom is 0.407 e. The van der Waals surface area contributed by atoms with Crippen molar-refractivity contribution in [2.75, 3.05) is 45.1 Å². The highest BCUT2D eigenvalue weighted by atomic mass is 35.5. The highest BCUT2D eigenvalue weighted by molar-refractivity contribution is 6.31. The molecule has 48 heavy (non-hydrogen) atoms. The smallest absolute Gasteiger partial charge is 0.407 e. The van der Waals surface area contributed by atoms with Crippen molar-refractivity contribution in [3.8, 4) is 28.0 Å². The fourth-order valence-corrected chi connectivity index (χ4v) is 5.79. The molecule has 1 N–H and O–H groups in total. The van der Waals surface area contributed by atoms with Crippen molar-refractivity contribution in [2.24, 2.45) is 0 Å². The average Bonchev–Trinajstić information content (AvgIpc) is 3.01. The van der Waals surface area contributed by atoms with Crippen molar-refractivity contribution < 1.29 is 41.3 Å². The van der Waals surface area contributed by atoms with Crippen LogP contribution < -0.4 is 15.0 Å². The zero-order chi connectivity index (χ0) is 34.6. The molecule has 1 aliphatic heterocycles. The van der Waals surface area contributed by atoms with E-state index in [0.29, 0.717) is 48.1 Å². The van der Waals surface area contributed by atoms with Crippen LogP contribution in [0.2, 0.25) is 5.02 Å². The summed E-state index contributed by atoms with van der Waals surface area (Å²) < 4.78 is 81.1. The van der Waals surface area contributed by atoms with Crippen molar-refractivity contribution in [2.45, 2.75) is 45.3 Å². The van der Waals surface area contributed by atoms with E-state index in [1.165, 1.54) is 25.4 Å². The van der Waals surface area contributed by atoms with Crippen LogP contribution in [0.15, 0.2) is 48.7 Å². The number of carbonyl (C=O) groups is 1. The van der Waals surface area contributed by atoms with Crippen LogP contribution in [0.25, 0.3) is 33.2 Å². The first-order chi connectivity index (χ1) is 22.8. The van der Waals surface area contributed by atoms with Gasteiger partial charge in [0.1, 0.15) is 17.2 Å². The maximum atomic E-state index is 15.7. The molecule has 2 heterocycles. The van der Waals surface area contributed by atoms with Gasteiger partial charge in [-0.3, -0.25) is 4.98 Å². The molecule has 1 aliphatic rings. The van der Waals surface area contributed by atoms with Gasteiger partial charge in [-0.15, -0.1) is 0 Å². The molecule has 0 atom stereocenters. The molecular weight excluding hydrogens is 654 g/mol. The van der Waals surface area contributed by atoms with E-state index in [1.807, 2.05) is 4.90 Å². The molecule has 5 rings (SSSR count). The number of ether oxygens (including phenoxy) is 4. The van der Waals surface area contributed by atoms with E-state index in [2.05, 4.69) is 10.3 Å². The van der Waals surface area contributed by atoms with Crippen LogP contribution >= 0.6 is 11.6 Å². The molecule has 0 spiro atoms. The third-order valence-corrected chi connectivity index (χ3v) is 7.95. The summed E-state index contributed by atoms with van der Waals surface area (Å²) in [5, 5.41) is 2.97. The number of amides is 1. The van der Waals surface area contributed by atoms with E-state index in [9.17, 15) is 13.6 Å². The van der Waals surface area contributed by atoms with Crippen molar-refractivity contribution in [3.63, 3.8) is 0 Å². The minimum absolute atomic E-state index is 0.169. The number of hydrogen-bond acceptors (Lipinski definition) is 7. The van der Waals surface area contributed by atoms with Crippen LogP contribution in [-0.2, 0) is 14.2 Å². The Balaban J connectivity index is 1.58. The number of hydrogen-bond donors (Lipinski definition) is 1. The number of piperidine rings is 1. The van der Waals surface area contributed by atoms with Crippen LogP contribution in [0.1, 0.15) is 33.6 Å². The number of alkyl carbamates (subject to hydrolysis) is 1. The molecule has 4 aromatic rings. The van der Waals surface area contributed by atoms with Crippen molar-refractivity contribution in [1.82, 2.24) is 10.3 Å². The number of anilines is 1. The Hall–Kier alpha value is -4.13. The van der Waals surface area contributed by atoms with Crippen LogP contribution in [-0.4, -0.2) is 62.9 Å².